The molecule has 2 aromatic carbocycles. The van der Waals surface area contributed by atoms with Crippen LogP contribution < -0.4 is 8.92 Å². The Labute approximate surface area is 159 Å². The minimum atomic E-state index is -2.12. The second-order valence-electron chi connectivity index (χ2n) is 6.01. The fraction of sp³-hybridized carbons (Fsp3) is 0.316. The minimum Gasteiger partial charge on any atom is -0.489 e. The Morgan fingerprint density at radius 2 is 1.96 bits per heavy atom. The fourth-order valence-electron chi connectivity index (χ4n) is 2.65. The van der Waals surface area contributed by atoms with Crippen LogP contribution in [0.15, 0.2) is 47.4 Å². The van der Waals surface area contributed by atoms with Crippen LogP contribution in [-0.2, 0) is 15.5 Å². The Bertz CT molecular complexity index is 834. The maximum absolute atomic E-state index is 13.0. The molecular weight excluding hydrogens is 372 g/mol. The van der Waals surface area contributed by atoms with Gasteiger partial charge in [-0.1, -0.05) is 24.6 Å². The number of aryl methyl sites for hydroxylation is 1. The SMILES string of the molecule is CCC1(OS(=O)Oc2ccc(C)cc2)COc2cc(SC)ccc2C1=O. The normalized spacial score (nSPS) is 20.2. The summed E-state index contributed by atoms with van der Waals surface area (Å²) in [6.07, 6.45) is 2.27. The third kappa shape index (κ3) is 3.79. The molecule has 2 unspecified atom stereocenters. The monoisotopic (exact) mass is 392 g/mol. The summed E-state index contributed by atoms with van der Waals surface area (Å²) >= 11 is -0.553. The molecule has 0 aromatic heterocycles. The van der Waals surface area contributed by atoms with E-state index in [4.69, 9.17) is 13.1 Å². The van der Waals surface area contributed by atoms with Gasteiger partial charge in [-0.05, 0) is 49.9 Å². The Morgan fingerprint density at radius 1 is 1.23 bits per heavy atom. The molecule has 5 nitrogen and oxygen atoms in total. The highest BCUT2D eigenvalue weighted by atomic mass is 32.2. The molecule has 2 atom stereocenters. The minimum absolute atomic E-state index is 0.00380. The molecule has 0 radical (unpaired) electrons. The highest BCUT2D eigenvalue weighted by molar-refractivity contribution is 7.98. The van der Waals surface area contributed by atoms with Gasteiger partial charge in [0.15, 0.2) is 5.60 Å². The molecule has 0 saturated carbocycles. The molecule has 1 aliphatic rings. The molecule has 0 saturated heterocycles. The molecule has 2 aromatic rings. The van der Waals surface area contributed by atoms with Crippen molar-refractivity contribution in [1.82, 2.24) is 0 Å². The highest BCUT2D eigenvalue weighted by Gasteiger charge is 2.46. The zero-order valence-corrected chi connectivity index (χ0v) is 16.4. The van der Waals surface area contributed by atoms with E-state index in [0.29, 0.717) is 23.5 Å². The molecule has 138 valence electrons. The first-order valence-corrected chi connectivity index (χ1v) is 10.4. The summed E-state index contributed by atoms with van der Waals surface area (Å²) in [5.74, 6) is 0.698. The van der Waals surface area contributed by atoms with E-state index in [2.05, 4.69) is 0 Å². The van der Waals surface area contributed by atoms with Gasteiger partial charge in [0.1, 0.15) is 18.1 Å². The molecule has 0 spiro atoms. The van der Waals surface area contributed by atoms with E-state index >= 15 is 0 Å². The Kier molecular flexibility index (Phi) is 5.70. The van der Waals surface area contributed by atoms with Gasteiger partial charge in [0.05, 0.1) is 5.56 Å². The lowest BCUT2D eigenvalue weighted by molar-refractivity contribution is 0.0140. The molecule has 1 aliphatic heterocycles. The van der Waals surface area contributed by atoms with Crippen molar-refractivity contribution < 1.29 is 22.1 Å². The average Bonchev–Trinajstić information content (AvgIpc) is 2.65. The van der Waals surface area contributed by atoms with Gasteiger partial charge in [-0.3, -0.25) is 4.79 Å². The van der Waals surface area contributed by atoms with Crippen LogP contribution in [0.4, 0.5) is 0 Å². The van der Waals surface area contributed by atoms with Gasteiger partial charge in [0.2, 0.25) is 5.78 Å². The molecule has 1 heterocycles. The van der Waals surface area contributed by atoms with Crippen molar-refractivity contribution in [1.29, 1.82) is 0 Å². The summed E-state index contributed by atoms with van der Waals surface area (Å²) in [5.41, 5.74) is 0.165. The maximum Gasteiger partial charge on any atom is 0.361 e. The summed E-state index contributed by atoms with van der Waals surface area (Å²) in [4.78, 5) is 14.0. The van der Waals surface area contributed by atoms with Crippen LogP contribution in [0.25, 0.3) is 0 Å². The zero-order valence-electron chi connectivity index (χ0n) is 14.8. The molecule has 7 heteroatoms. The summed E-state index contributed by atoms with van der Waals surface area (Å²) in [6, 6.07) is 12.5. The van der Waals surface area contributed by atoms with Gasteiger partial charge >= 0.3 is 11.4 Å². The largest absolute Gasteiger partial charge is 0.489 e. The summed E-state index contributed by atoms with van der Waals surface area (Å²) in [5, 5.41) is 0. The summed E-state index contributed by atoms with van der Waals surface area (Å²) < 4.78 is 29.0. The predicted octanol–water partition coefficient (Wildman–Crippen LogP) is 4.12. The van der Waals surface area contributed by atoms with Gasteiger partial charge in [-0.15, -0.1) is 11.8 Å². The molecular formula is C19H20O5S2. The van der Waals surface area contributed by atoms with Crippen molar-refractivity contribution in [3.63, 3.8) is 0 Å². The molecule has 0 N–H and O–H groups in total. The molecule has 0 fully saturated rings. The lowest BCUT2D eigenvalue weighted by Crippen LogP contribution is -2.50. The van der Waals surface area contributed by atoms with Crippen molar-refractivity contribution in [3.05, 3.63) is 53.6 Å². The number of hydrogen-bond acceptors (Lipinski definition) is 6. The summed E-state index contributed by atoms with van der Waals surface area (Å²) in [6.45, 7) is 3.74. The molecule has 3 rings (SSSR count). The van der Waals surface area contributed by atoms with Gasteiger partial charge < -0.3 is 8.92 Å². The van der Waals surface area contributed by atoms with Crippen LogP contribution in [0.5, 0.6) is 11.5 Å². The number of ether oxygens (including phenoxy) is 1. The van der Waals surface area contributed by atoms with Crippen LogP contribution >= 0.6 is 11.8 Å². The lowest BCUT2D eigenvalue weighted by atomic mass is 9.88. The first-order valence-electron chi connectivity index (χ1n) is 8.19. The van der Waals surface area contributed by atoms with E-state index in [0.717, 1.165) is 10.5 Å². The second kappa shape index (κ2) is 7.82. The third-order valence-electron chi connectivity index (χ3n) is 4.29. The van der Waals surface area contributed by atoms with E-state index in [-0.39, 0.29) is 12.4 Å². The third-order valence-corrected chi connectivity index (χ3v) is 5.80. The topological polar surface area (TPSA) is 61.8 Å². The van der Waals surface area contributed by atoms with Crippen molar-refractivity contribution in [3.8, 4) is 11.5 Å². The predicted molar refractivity (Wildman–Crippen MR) is 102 cm³/mol. The van der Waals surface area contributed by atoms with Gasteiger partial charge in [0.25, 0.3) is 0 Å². The number of ketones is 1. The van der Waals surface area contributed by atoms with E-state index in [1.54, 1.807) is 36.9 Å². The number of hydrogen-bond donors (Lipinski definition) is 0. The molecule has 0 bridgehead atoms. The Morgan fingerprint density at radius 3 is 2.62 bits per heavy atom. The van der Waals surface area contributed by atoms with Crippen LogP contribution in [0.1, 0.15) is 29.3 Å². The first-order chi connectivity index (χ1) is 12.5. The fourth-order valence-corrected chi connectivity index (χ4v) is 3.88. The highest BCUT2D eigenvalue weighted by Crippen LogP contribution is 2.36. The average molecular weight is 392 g/mol. The van der Waals surface area contributed by atoms with Crippen LogP contribution in [0.2, 0.25) is 0 Å². The number of fused-ring (bicyclic) bond motifs is 1. The number of thioether (sulfide) groups is 1. The Balaban J connectivity index is 1.79. The van der Waals surface area contributed by atoms with Gasteiger partial charge in [-0.25, -0.2) is 4.18 Å². The molecule has 0 aliphatic carbocycles. The Hall–Kier alpha value is -1.83. The van der Waals surface area contributed by atoms with Crippen molar-refractivity contribution in [2.45, 2.75) is 30.8 Å². The van der Waals surface area contributed by atoms with E-state index < -0.39 is 17.0 Å². The maximum atomic E-state index is 13.0. The van der Waals surface area contributed by atoms with Crippen LogP contribution in [0.3, 0.4) is 0 Å². The quantitative estimate of drug-likeness (QED) is 0.690. The molecule has 26 heavy (non-hydrogen) atoms. The number of carbonyl (C=O) groups excluding carboxylic acids is 1. The first kappa shape index (κ1) is 18.9. The van der Waals surface area contributed by atoms with E-state index in [1.807, 2.05) is 37.4 Å². The number of rotatable bonds is 6. The number of Topliss-reactive ketones (excluding diaryl/α,β-unsaturated/α-hetero) is 1. The number of carbonyl (C=O) groups is 1. The van der Waals surface area contributed by atoms with E-state index in [9.17, 15) is 9.00 Å². The van der Waals surface area contributed by atoms with E-state index in [1.165, 1.54) is 0 Å². The van der Waals surface area contributed by atoms with Gasteiger partial charge in [-0.2, -0.15) is 4.21 Å². The van der Waals surface area contributed by atoms with Crippen LogP contribution in [0, 0.1) is 6.92 Å². The molecule has 0 amide bonds. The van der Waals surface area contributed by atoms with Crippen LogP contribution in [-0.4, -0.2) is 28.5 Å². The van der Waals surface area contributed by atoms with Crippen molar-refractivity contribution in [2.75, 3.05) is 12.9 Å². The number of benzene rings is 2. The standard InChI is InChI=1S/C19H20O5S2/c1-4-19(24-26(21)23-14-7-5-13(2)6-8-14)12-22-17-11-15(25-3)9-10-16(17)18(19)20/h5-11H,4,12H2,1-3H3. The van der Waals surface area contributed by atoms with Crippen molar-refractivity contribution >= 4 is 28.9 Å². The van der Waals surface area contributed by atoms with Gasteiger partial charge in [0, 0.05) is 4.90 Å². The zero-order chi connectivity index (χ0) is 18.7. The lowest BCUT2D eigenvalue weighted by Gasteiger charge is -2.34. The summed E-state index contributed by atoms with van der Waals surface area (Å²) in [7, 11) is 0. The van der Waals surface area contributed by atoms with Crippen molar-refractivity contribution in [2.24, 2.45) is 0 Å². The smallest absolute Gasteiger partial charge is 0.361 e. The second-order valence-corrected chi connectivity index (χ2v) is 7.63.